The van der Waals surface area contributed by atoms with Crippen LogP contribution in [0, 0.1) is 0 Å². The van der Waals surface area contributed by atoms with Crippen LogP contribution in [0.2, 0.25) is 0 Å². The molecule has 1 aliphatic rings. The zero-order chi connectivity index (χ0) is 13.0. The fourth-order valence-electron chi connectivity index (χ4n) is 1.84. The molecule has 18 heavy (non-hydrogen) atoms. The molecule has 1 aromatic heterocycles. The number of nitrogen functional groups attached to an aromatic ring is 1. The summed E-state index contributed by atoms with van der Waals surface area (Å²) >= 11 is 0. The Morgan fingerprint density at radius 2 is 2.33 bits per heavy atom. The summed E-state index contributed by atoms with van der Waals surface area (Å²) in [7, 11) is 0. The molecule has 0 radical (unpaired) electrons. The van der Waals surface area contributed by atoms with Gasteiger partial charge in [-0.1, -0.05) is 0 Å². The van der Waals surface area contributed by atoms with E-state index in [-0.39, 0.29) is 11.8 Å². The van der Waals surface area contributed by atoms with Gasteiger partial charge in [-0.3, -0.25) is 20.4 Å². The average Bonchev–Trinajstić information content (AvgIpc) is 2.62. The van der Waals surface area contributed by atoms with E-state index in [1.54, 1.807) is 11.0 Å². The van der Waals surface area contributed by atoms with E-state index in [0.29, 0.717) is 37.3 Å². The minimum absolute atomic E-state index is 0.0304. The van der Waals surface area contributed by atoms with Gasteiger partial charge in [-0.15, -0.1) is 0 Å². The van der Waals surface area contributed by atoms with E-state index >= 15 is 0 Å². The van der Waals surface area contributed by atoms with Gasteiger partial charge in [0.1, 0.15) is 0 Å². The van der Waals surface area contributed by atoms with E-state index < -0.39 is 0 Å². The fourth-order valence-corrected chi connectivity index (χ4v) is 1.84. The number of amides is 2. The highest BCUT2D eigenvalue weighted by Gasteiger charge is 2.21. The molecule has 2 amide bonds. The molecule has 2 heterocycles. The van der Waals surface area contributed by atoms with Crippen LogP contribution in [-0.4, -0.2) is 41.3 Å². The van der Waals surface area contributed by atoms with Crippen molar-refractivity contribution >= 4 is 17.5 Å². The highest BCUT2D eigenvalue weighted by atomic mass is 16.2. The second kappa shape index (κ2) is 5.46. The number of nitrogens with one attached hydrogen (secondary N) is 2. The number of hydrazine groups is 1. The topological polar surface area (TPSA) is 100 Å². The Balaban J connectivity index is 2.17. The van der Waals surface area contributed by atoms with Crippen molar-refractivity contribution in [2.45, 2.75) is 6.42 Å². The van der Waals surface area contributed by atoms with Crippen molar-refractivity contribution in [2.24, 2.45) is 5.84 Å². The molecule has 0 unspecified atom stereocenters. The summed E-state index contributed by atoms with van der Waals surface area (Å²) in [6.45, 7) is 1.38. The maximum absolute atomic E-state index is 12.3. The molecule has 0 aromatic carbocycles. The first kappa shape index (κ1) is 12.3. The summed E-state index contributed by atoms with van der Waals surface area (Å²) in [6.07, 6.45) is 3.35. The predicted molar refractivity (Wildman–Crippen MR) is 65.6 cm³/mol. The van der Waals surface area contributed by atoms with Gasteiger partial charge in [0.05, 0.1) is 17.4 Å². The van der Waals surface area contributed by atoms with Crippen molar-refractivity contribution in [2.75, 3.05) is 25.1 Å². The van der Waals surface area contributed by atoms with Gasteiger partial charge >= 0.3 is 0 Å². The first-order chi connectivity index (χ1) is 8.72. The quantitative estimate of drug-likeness (QED) is 0.477. The second-order valence-corrected chi connectivity index (χ2v) is 3.96. The molecular weight excluding hydrogens is 234 g/mol. The van der Waals surface area contributed by atoms with E-state index in [4.69, 9.17) is 5.84 Å². The monoisotopic (exact) mass is 249 g/mol. The van der Waals surface area contributed by atoms with Crippen LogP contribution in [0.3, 0.4) is 0 Å². The molecule has 2 rings (SSSR count). The molecule has 0 bridgehead atoms. The maximum Gasteiger partial charge on any atom is 0.256 e. The summed E-state index contributed by atoms with van der Waals surface area (Å²) in [6, 6.07) is 1.61. The van der Waals surface area contributed by atoms with Crippen LogP contribution in [0.5, 0.6) is 0 Å². The molecule has 96 valence electrons. The highest BCUT2D eigenvalue weighted by Crippen LogP contribution is 2.15. The molecule has 7 nitrogen and oxygen atoms in total. The third-order valence-electron chi connectivity index (χ3n) is 2.81. The Hall–Kier alpha value is -2.15. The molecule has 7 heteroatoms. The Labute approximate surface area is 104 Å². The zero-order valence-electron chi connectivity index (χ0n) is 9.85. The van der Waals surface area contributed by atoms with Crippen LogP contribution < -0.4 is 16.6 Å². The van der Waals surface area contributed by atoms with Crippen molar-refractivity contribution in [3.63, 3.8) is 0 Å². The number of carbonyl (C=O) groups excluding carboxylic acids is 2. The van der Waals surface area contributed by atoms with Gasteiger partial charge < -0.3 is 15.6 Å². The summed E-state index contributed by atoms with van der Waals surface area (Å²) < 4.78 is 0. The van der Waals surface area contributed by atoms with E-state index in [2.05, 4.69) is 15.7 Å². The minimum Gasteiger partial charge on any atom is -0.354 e. The SMILES string of the molecule is NNc1cnccc1C(=O)N1CCNC(=O)CC1. The van der Waals surface area contributed by atoms with Crippen molar-refractivity contribution in [3.05, 3.63) is 24.0 Å². The molecule has 0 saturated carbocycles. The Kier molecular flexibility index (Phi) is 3.73. The molecule has 1 saturated heterocycles. The lowest BCUT2D eigenvalue weighted by molar-refractivity contribution is -0.120. The van der Waals surface area contributed by atoms with Crippen molar-refractivity contribution in [1.29, 1.82) is 0 Å². The normalized spacial score (nSPS) is 15.8. The summed E-state index contributed by atoms with van der Waals surface area (Å²) in [4.78, 5) is 29.0. The van der Waals surface area contributed by atoms with E-state index in [1.807, 2.05) is 0 Å². The first-order valence-corrected chi connectivity index (χ1v) is 5.69. The average molecular weight is 249 g/mol. The molecule has 0 spiro atoms. The molecule has 0 aliphatic carbocycles. The molecule has 1 aliphatic heterocycles. The van der Waals surface area contributed by atoms with Crippen LogP contribution >= 0.6 is 0 Å². The Bertz CT molecular complexity index is 463. The van der Waals surface area contributed by atoms with Crippen LogP contribution in [0.1, 0.15) is 16.8 Å². The smallest absolute Gasteiger partial charge is 0.256 e. The van der Waals surface area contributed by atoms with Gasteiger partial charge in [0.25, 0.3) is 5.91 Å². The lowest BCUT2D eigenvalue weighted by atomic mass is 10.2. The number of nitrogens with two attached hydrogens (primary N) is 1. The minimum atomic E-state index is -0.151. The van der Waals surface area contributed by atoms with Crippen LogP contribution in [0.25, 0.3) is 0 Å². The number of carbonyl (C=O) groups is 2. The Morgan fingerprint density at radius 1 is 1.50 bits per heavy atom. The lowest BCUT2D eigenvalue weighted by Crippen LogP contribution is -2.34. The van der Waals surface area contributed by atoms with Gasteiger partial charge in [-0.2, -0.15) is 0 Å². The number of nitrogens with zero attached hydrogens (tertiary/aromatic N) is 2. The molecule has 1 fully saturated rings. The van der Waals surface area contributed by atoms with Gasteiger partial charge in [0, 0.05) is 32.3 Å². The maximum atomic E-state index is 12.3. The number of anilines is 1. The van der Waals surface area contributed by atoms with Crippen molar-refractivity contribution in [1.82, 2.24) is 15.2 Å². The highest BCUT2D eigenvalue weighted by molar-refractivity contribution is 5.99. The van der Waals surface area contributed by atoms with Gasteiger partial charge in [0.2, 0.25) is 5.91 Å². The first-order valence-electron chi connectivity index (χ1n) is 5.69. The second-order valence-electron chi connectivity index (χ2n) is 3.96. The number of aromatic nitrogens is 1. The summed E-state index contributed by atoms with van der Waals surface area (Å²) in [5.74, 6) is 5.16. The molecule has 0 atom stereocenters. The van der Waals surface area contributed by atoms with Crippen LogP contribution in [0.15, 0.2) is 18.5 Å². The molecule has 1 aromatic rings. The van der Waals surface area contributed by atoms with Gasteiger partial charge in [-0.05, 0) is 6.07 Å². The zero-order valence-corrected chi connectivity index (χ0v) is 9.85. The predicted octanol–water partition coefficient (Wildman–Crippen LogP) is -0.671. The van der Waals surface area contributed by atoms with E-state index in [0.717, 1.165) is 0 Å². The number of hydrogen-bond donors (Lipinski definition) is 3. The lowest BCUT2D eigenvalue weighted by Gasteiger charge is -2.20. The van der Waals surface area contributed by atoms with Gasteiger partial charge in [-0.25, -0.2) is 0 Å². The van der Waals surface area contributed by atoms with Crippen molar-refractivity contribution in [3.8, 4) is 0 Å². The summed E-state index contributed by atoms with van der Waals surface area (Å²) in [5, 5.41) is 2.72. The van der Waals surface area contributed by atoms with Gasteiger partial charge in [0.15, 0.2) is 0 Å². The number of pyridine rings is 1. The number of rotatable bonds is 2. The third kappa shape index (κ3) is 2.57. The fraction of sp³-hybridized carbons (Fsp3) is 0.364. The summed E-state index contributed by atoms with van der Waals surface area (Å²) in [5.41, 5.74) is 3.39. The third-order valence-corrected chi connectivity index (χ3v) is 2.81. The standard InChI is InChI=1S/C11H15N5O2/c12-15-9-7-13-3-1-8(9)11(18)16-5-2-10(17)14-4-6-16/h1,3,7,15H,2,4-6,12H2,(H,14,17). The van der Waals surface area contributed by atoms with Crippen LogP contribution in [0.4, 0.5) is 5.69 Å². The van der Waals surface area contributed by atoms with Crippen molar-refractivity contribution < 1.29 is 9.59 Å². The van der Waals surface area contributed by atoms with E-state index in [9.17, 15) is 9.59 Å². The Morgan fingerprint density at radius 3 is 3.11 bits per heavy atom. The largest absolute Gasteiger partial charge is 0.354 e. The number of hydrogen-bond acceptors (Lipinski definition) is 5. The molecule has 4 N–H and O–H groups in total. The molecular formula is C11H15N5O2. The van der Waals surface area contributed by atoms with E-state index in [1.165, 1.54) is 12.4 Å². The van der Waals surface area contributed by atoms with Crippen LogP contribution in [-0.2, 0) is 4.79 Å².